The lowest BCUT2D eigenvalue weighted by molar-refractivity contribution is -0.139. The van der Waals surface area contributed by atoms with Gasteiger partial charge in [-0.2, -0.15) is 9.78 Å². The van der Waals surface area contributed by atoms with E-state index in [0.29, 0.717) is 33.4 Å². The summed E-state index contributed by atoms with van der Waals surface area (Å²) in [7, 11) is 0. The van der Waals surface area contributed by atoms with Gasteiger partial charge in [0.2, 0.25) is 0 Å². The van der Waals surface area contributed by atoms with Gasteiger partial charge in [-0.15, -0.1) is 0 Å². The number of benzene rings is 2. The van der Waals surface area contributed by atoms with Crippen LogP contribution in [0.25, 0.3) is 10.9 Å². The highest BCUT2D eigenvalue weighted by Crippen LogP contribution is 2.42. The highest BCUT2D eigenvalue weighted by molar-refractivity contribution is 9.10. The molecule has 0 radical (unpaired) electrons. The highest BCUT2D eigenvalue weighted by atomic mass is 79.9. The zero-order chi connectivity index (χ0) is 24.9. The van der Waals surface area contributed by atoms with Gasteiger partial charge < -0.3 is 14.6 Å². The summed E-state index contributed by atoms with van der Waals surface area (Å²) in [6.07, 6.45) is 6.80. The van der Waals surface area contributed by atoms with Crippen molar-refractivity contribution in [1.29, 1.82) is 0 Å². The van der Waals surface area contributed by atoms with E-state index in [9.17, 15) is 9.59 Å². The van der Waals surface area contributed by atoms with Crippen molar-refractivity contribution in [3.8, 4) is 11.5 Å². The molecule has 1 aliphatic rings. The van der Waals surface area contributed by atoms with Gasteiger partial charge in [-0.3, -0.25) is 4.79 Å². The summed E-state index contributed by atoms with van der Waals surface area (Å²) in [5.41, 5.74) is 0.962. The third-order valence-electron chi connectivity index (χ3n) is 5.86. The number of aliphatic carboxylic acids is 1. The van der Waals surface area contributed by atoms with Crippen molar-refractivity contribution in [2.45, 2.75) is 44.9 Å². The first-order chi connectivity index (χ1) is 16.9. The molecule has 3 aromatic rings. The Labute approximate surface area is 215 Å². The molecule has 0 aliphatic heterocycles. The van der Waals surface area contributed by atoms with Crippen LogP contribution in [0.2, 0.25) is 5.02 Å². The maximum absolute atomic E-state index is 13.4. The monoisotopic (exact) mass is 561 g/mol. The Bertz CT molecular complexity index is 1330. The van der Waals surface area contributed by atoms with Gasteiger partial charge in [0, 0.05) is 16.0 Å². The Balaban J connectivity index is 1.81. The Hall–Kier alpha value is -2.91. The summed E-state index contributed by atoms with van der Waals surface area (Å²) < 4.78 is 12.8. The second kappa shape index (κ2) is 11.2. The maximum atomic E-state index is 13.4. The Morgan fingerprint density at radius 2 is 2.03 bits per heavy atom. The average Bonchev–Trinajstić information content (AvgIpc) is 2.86. The lowest BCUT2D eigenvalue weighted by atomic mass is 9.88. The zero-order valence-corrected chi connectivity index (χ0v) is 21.5. The quantitative estimate of drug-likeness (QED) is 0.358. The van der Waals surface area contributed by atoms with Crippen LogP contribution >= 0.6 is 27.5 Å². The van der Waals surface area contributed by atoms with Crippen molar-refractivity contribution in [2.75, 3.05) is 13.2 Å². The molecule has 0 saturated heterocycles. The van der Waals surface area contributed by atoms with Crippen LogP contribution in [0.5, 0.6) is 11.5 Å². The van der Waals surface area contributed by atoms with Crippen LogP contribution in [0.1, 0.15) is 56.3 Å². The Morgan fingerprint density at radius 3 is 2.74 bits per heavy atom. The molecule has 184 valence electrons. The molecule has 2 aromatic carbocycles. The van der Waals surface area contributed by atoms with E-state index in [1.54, 1.807) is 25.1 Å². The molecule has 0 atom stereocenters. The van der Waals surface area contributed by atoms with E-state index >= 15 is 0 Å². The zero-order valence-electron chi connectivity index (χ0n) is 19.2. The van der Waals surface area contributed by atoms with E-state index < -0.39 is 12.6 Å². The van der Waals surface area contributed by atoms with Crippen molar-refractivity contribution in [1.82, 2.24) is 9.66 Å². The van der Waals surface area contributed by atoms with Crippen LogP contribution in [0, 0.1) is 0 Å². The molecule has 1 aliphatic carbocycles. The molecule has 4 rings (SSSR count). The lowest BCUT2D eigenvalue weighted by Crippen LogP contribution is -2.25. The summed E-state index contributed by atoms with van der Waals surface area (Å²) in [5.74, 6) is 0.0605. The molecule has 1 aromatic heterocycles. The molecule has 8 nitrogen and oxygen atoms in total. The van der Waals surface area contributed by atoms with Crippen molar-refractivity contribution in [3.05, 3.63) is 61.6 Å². The standard InChI is InChI=1S/C25H25BrClN3O5/c1-2-34-19-12-16(21(26)22(27)23(19)35-14-20(31)32)13-28-30-24(15-8-4-3-5-9-15)29-18-11-7-6-10-17(18)25(30)33/h6-7,10-13,15H,2-5,8-9,14H2,1H3,(H,31,32). The van der Waals surface area contributed by atoms with Gasteiger partial charge in [0.1, 0.15) is 10.8 Å². The first-order valence-corrected chi connectivity index (χ1v) is 12.6. The number of aromatic nitrogens is 2. The number of hydrogen-bond acceptors (Lipinski definition) is 6. The van der Waals surface area contributed by atoms with Gasteiger partial charge in [-0.25, -0.2) is 9.78 Å². The van der Waals surface area contributed by atoms with Crippen LogP contribution in [0.15, 0.2) is 44.7 Å². The van der Waals surface area contributed by atoms with Crippen LogP contribution in [0.4, 0.5) is 0 Å². The molecule has 1 fully saturated rings. The van der Waals surface area contributed by atoms with Crippen LogP contribution < -0.4 is 15.0 Å². The summed E-state index contributed by atoms with van der Waals surface area (Å²) >= 11 is 9.92. The topological polar surface area (TPSA) is 103 Å². The predicted molar refractivity (Wildman–Crippen MR) is 138 cm³/mol. The molecule has 0 amide bonds. The third-order valence-corrected chi connectivity index (χ3v) is 7.30. The van der Waals surface area contributed by atoms with Gasteiger partial charge in [-0.05, 0) is 53.9 Å². The third kappa shape index (κ3) is 5.51. The second-order valence-corrected chi connectivity index (χ2v) is 9.39. The fourth-order valence-corrected chi connectivity index (χ4v) is 4.88. The Kier molecular flexibility index (Phi) is 8.07. The van der Waals surface area contributed by atoms with E-state index in [0.717, 1.165) is 25.7 Å². The molecular formula is C25H25BrClN3O5. The summed E-state index contributed by atoms with van der Waals surface area (Å²) in [6, 6.07) is 8.91. The van der Waals surface area contributed by atoms with Gasteiger partial charge in [0.15, 0.2) is 18.1 Å². The molecular weight excluding hydrogens is 538 g/mol. The molecule has 1 N–H and O–H groups in total. The van der Waals surface area contributed by atoms with Crippen LogP contribution in [-0.4, -0.2) is 40.2 Å². The summed E-state index contributed by atoms with van der Waals surface area (Å²) in [5, 5.41) is 14.2. The van der Waals surface area contributed by atoms with Crippen molar-refractivity contribution < 1.29 is 19.4 Å². The van der Waals surface area contributed by atoms with Gasteiger partial charge in [0.25, 0.3) is 5.56 Å². The number of para-hydroxylation sites is 1. The summed E-state index contributed by atoms with van der Waals surface area (Å²) in [6.45, 7) is 1.54. The fourth-order valence-electron chi connectivity index (χ4n) is 4.23. The molecule has 35 heavy (non-hydrogen) atoms. The first-order valence-electron chi connectivity index (χ1n) is 11.5. The number of rotatable bonds is 8. The van der Waals surface area contributed by atoms with E-state index in [1.807, 2.05) is 12.1 Å². The van der Waals surface area contributed by atoms with E-state index in [1.165, 1.54) is 17.3 Å². The average molecular weight is 563 g/mol. The van der Waals surface area contributed by atoms with Crippen LogP contribution in [0.3, 0.4) is 0 Å². The van der Waals surface area contributed by atoms with Gasteiger partial charge >= 0.3 is 5.97 Å². The first kappa shape index (κ1) is 25.2. The minimum Gasteiger partial charge on any atom is -0.490 e. The largest absolute Gasteiger partial charge is 0.490 e. The molecule has 10 heteroatoms. The molecule has 0 unspecified atom stereocenters. The number of ether oxygens (including phenoxy) is 2. The lowest BCUT2D eigenvalue weighted by Gasteiger charge is -2.22. The second-order valence-electron chi connectivity index (χ2n) is 8.22. The molecule has 1 saturated carbocycles. The maximum Gasteiger partial charge on any atom is 0.341 e. The number of carbonyl (C=O) groups is 1. The minimum atomic E-state index is -1.14. The smallest absolute Gasteiger partial charge is 0.341 e. The number of hydrogen-bond donors (Lipinski definition) is 1. The number of carboxylic acids is 1. The van der Waals surface area contributed by atoms with Gasteiger partial charge in [-0.1, -0.05) is 43.0 Å². The van der Waals surface area contributed by atoms with E-state index in [2.05, 4.69) is 21.0 Å². The summed E-state index contributed by atoms with van der Waals surface area (Å²) in [4.78, 5) is 29.2. The van der Waals surface area contributed by atoms with E-state index in [-0.39, 0.29) is 28.0 Å². The number of halogens is 2. The predicted octanol–water partition coefficient (Wildman–Crippen LogP) is 5.60. The van der Waals surface area contributed by atoms with E-state index in [4.69, 9.17) is 31.2 Å². The minimum absolute atomic E-state index is 0.118. The van der Waals surface area contributed by atoms with Gasteiger partial charge in [0.05, 0.1) is 23.7 Å². The van der Waals surface area contributed by atoms with Crippen LogP contribution in [-0.2, 0) is 4.79 Å². The fraction of sp³-hybridized carbons (Fsp3) is 0.360. The molecule has 1 heterocycles. The number of nitrogens with zero attached hydrogens (tertiary/aromatic N) is 3. The van der Waals surface area contributed by atoms with Crippen molar-refractivity contribution >= 4 is 50.6 Å². The SMILES string of the molecule is CCOc1cc(C=Nn2c(C3CCCCC3)nc3ccccc3c2=O)c(Br)c(Cl)c1OCC(=O)O. The number of fused-ring (bicyclic) bond motifs is 1. The molecule has 0 spiro atoms. The molecule has 0 bridgehead atoms. The van der Waals surface area contributed by atoms with Crippen molar-refractivity contribution in [2.24, 2.45) is 5.10 Å². The normalized spacial score (nSPS) is 14.5. The highest BCUT2D eigenvalue weighted by Gasteiger charge is 2.23. The number of carboxylic acid groups (broad SMARTS) is 1. The Morgan fingerprint density at radius 1 is 1.29 bits per heavy atom. The van der Waals surface area contributed by atoms with Crippen molar-refractivity contribution in [3.63, 3.8) is 0 Å².